The summed E-state index contributed by atoms with van der Waals surface area (Å²) in [7, 11) is 2.16. The molecule has 0 amide bonds. The lowest BCUT2D eigenvalue weighted by molar-refractivity contribution is 0.174. The largest absolute Gasteiger partial charge is 0.330 e. The number of rotatable bonds is 5. The summed E-state index contributed by atoms with van der Waals surface area (Å²) >= 11 is 3.46. The van der Waals surface area contributed by atoms with Crippen LogP contribution in [0.3, 0.4) is 0 Å². The van der Waals surface area contributed by atoms with Gasteiger partial charge >= 0.3 is 0 Å². The maximum Gasteiger partial charge on any atom is 0.0317 e. The SMILES string of the molecule is CC(c1ccc(Br)cc1)N(C)CC(C)(C)CN. The molecule has 0 radical (unpaired) electrons. The highest BCUT2D eigenvalue weighted by Gasteiger charge is 2.21. The monoisotopic (exact) mass is 298 g/mol. The van der Waals surface area contributed by atoms with Crippen LogP contribution < -0.4 is 5.73 Å². The van der Waals surface area contributed by atoms with E-state index >= 15 is 0 Å². The van der Waals surface area contributed by atoms with Crippen LogP contribution in [-0.4, -0.2) is 25.0 Å². The molecule has 1 rings (SSSR count). The fourth-order valence-electron chi connectivity index (χ4n) is 1.87. The Balaban J connectivity index is 2.69. The van der Waals surface area contributed by atoms with Crippen LogP contribution in [0.25, 0.3) is 0 Å². The highest BCUT2D eigenvalue weighted by Crippen LogP contribution is 2.24. The first-order valence-electron chi connectivity index (χ1n) is 6.01. The van der Waals surface area contributed by atoms with E-state index in [-0.39, 0.29) is 5.41 Å². The van der Waals surface area contributed by atoms with Crippen LogP contribution in [0.5, 0.6) is 0 Å². The standard InChI is InChI=1S/C14H23BrN2/c1-11(12-5-7-13(15)8-6-12)17(4)10-14(2,3)9-16/h5-8,11H,9-10,16H2,1-4H3. The summed E-state index contributed by atoms with van der Waals surface area (Å²) < 4.78 is 1.12. The van der Waals surface area contributed by atoms with Crippen molar-refractivity contribution < 1.29 is 0 Å². The van der Waals surface area contributed by atoms with Crippen molar-refractivity contribution in [2.24, 2.45) is 11.1 Å². The molecule has 0 aliphatic carbocycles. The minimum absolute atomic E-state index is 0.165. The van der Waals surface area contributed by atoms with Gasteiger partial charge in [0, 0.05) is 17.1 Å². The Hall–Kier alpha value is -0.380. The lowest BCUT2D eigenvalue weighted by atomic mass is 9.92. The van der Waals surface area contributed by atoms with Crippen LogP contribution in [0.15, 0.2) is 28.7 Å². The highest BCUT2D eigenvalue weighted by atomic mass is 79.9. The van der Waals surface area contributed by atoms with Gasteiger partial charge in [0.05, 0.1) is 0 Å². The summed E-state index contributed by atoms with van der Waals surface area (Å²) in [5.74, 6) is 0. The van der Waals surface area contributed by atoms with Crippen molar-refractivity contribution in [1.82, 2.24) is 4.90 Å². The number of nitrogens with two attached hydrogens (primary N) is 1. The molecule has 96 valence electrons. The second-order valence-electron chi connectivity index (χ2n) is 5.51. The summed E-state index contributed by atoms with van der Waals surface area (Å²) in [5, 5.41) is 0. The van der Waals surface area contributed by atoms with E-state index in [1.165, 1.54) is 5.56 Å². The number of hydrogen-bond donors (Lipinski definition) is 1. The summed E-state index contributed by atoms with van der Waals surface area (Å²) in [4.78, 5) is 2.36. The molecule has 0 saturated carbocycles. The predicted molar refractivity (Wildman–Crippen MR) is 78.0 cm³/mol. The molecule has 1 unspecified atom stereocenters. The Bertz CT molecular complexity index is 346. The van der Waals surface area contributed by atoms with Gasteiger partial charge in [0.1, 0.15) is 0 Å². The van der Waals surface area contributed by atoms with Crippen molar-refractivity contribution in [2.75, 3.05) is 20.1 Å². The third-order valence-electron chi connectivity index (χ3n) is 3.24. The van der Waals surface area contributed by atoms with E-state index in [9.17, 15) is 0 Å². The minimum atomic E-state index is 0.165. The molecule has 0 fully saturated rings. The van der Waals surface area contributed by atoms with Gasteiger partial charge in [-0.3, -0.25) is 4.90 Å². The molecule has 2 N–H and O–H groups in total. The molecule has 3 heteroatoms. The highest BCUT2D eigenvalue weighted by molar-refractivity contribution is 9.10. The van der Waals surface area contributed by atoms with Gasteiger partial charge in [-0.1, -0.05) is 41.9 Å². The zero-order chi connectivity index (χ0) is 13.1. The number of nitrogens with zero attached hydrogens (tertiary/aromatic N) is 1. The third kappa shape index (κ3) is 4.41. The van der Waals surface area contributed by atoms with E-state index in [0.29, 0.717) is 12.6 Å². The van der Waals surface area contributed by atoms with Gasteiger partial charge in [-0.15, -0.1) is 0 Å². The fraction of sp³-hybridized carbons (Fsp3) is 0.571. The molecular weight excluding hydrogens is 276 g/mol. The molecule has 0 heterocycles. The zero-order valence-electron chi connectivity index (χ0n) is 11.2. The van der Waals surface area contributed by atoms with E-state index in [1.54, 1.807) is 0 Å². The van der Waals surface area contributed by atoms with Gasteiger partial charge in [-0.25, -0.2) is 0 Å². The number of hydrogen-bond acceptors (Lipinski definition) is 2. The Labute approximate surface area is 113 Å². The second kappa shape index (κ2) is 5.98. The lowest BCUT2D eigenvalue weighted by Gasteiger charge is -2.33. The summed E-state index contributed by atoms with van der Waals surface area (Å²) in [6.07, 6.45) is 0. The van der Waals surface area contributed by atoms with Crippen molar-refractivity contribution in [3.05, 3.63) is 34.3 Å². The van der Waals surface area contributed by atoms with E-state index in [0.717, 1.165) is 11.0 Å². The van der Waals surface area contributed by atoms with Gasteiger partial charge in [0.2, 0.25) is 0 Å². The van der Waals surface area contributed by atoms with Gasteiger partial charge < -0.3 is 5.73 Å². The smallest absolute Gasteiger partial charge is 0.0317 e. The molecule has 0 aliphatic heterocycles. The fourth-order valence-corrected chi connectivity index (χ4v) is 2.14. The molecule has 1 atom stereocenters. The Kier molecular flexibility index (Phi) is 5.17. The first-order chi connectivity index (χ1) is 7.85. The molecule has 0 saturated heterocycles. The Morgan fingerprint density at radius 2 is 1.82 bits per heavy atom. The van der Waals surface area contributed by atoms with Gasteiger partial charge in [-0.05, 0) is 43.6 Å². The van der Waals surface area contributed by atoms with E-state index < -0.39 is 0 Å². The normalized spacial score (nSPS) is 14.1. The maximum atomic E-state index is 5.78. The first kappa shape index (κ1) is 14.7. The van der Waals surface area contributed by atoms with Crippen LogP contribution in [-0.2, 0) is 0 Å². The van der Waals surface area contributed by atoms with Crippen LogP contribution >= 0.6 is 15.9 Å². The Morgan fingerprint density at radius 3 is 2.29 bits per heavy atom. The van der Waals surface area contributed by atoms with Crippen molar-refractivity contribution in [2.45, 2.75) is 26.8 Å². The molecule has 17 heavy (non-hydrogen) atoms. The molecule has 2 nitrogen and oxygen atoms in total. The van der Waals surface area contributed by atoms with Crippen LogP contribution in [0, 0.1) is 5.41 Å². The van der Waals surface area contributed by atoms with Crippen LogP contribution in [0.4, 0.5) is 0 Å². The number of halogens is 1. The lowest BCUT2D eigenvalue weighted by Crippen LogP contribution is -2.37. The zero-order valence-corrected chi connectivity index (χ0v) is 12.8. The second-order valence-corrected chi connectivity index (χ2v) is 6.43. The van der Waals surface area contributed by atoms with Crippen molar-refractivity contribution >= 4 is 15.9 Å². The molecule has 0 aromatic heterocycles. The average molecular weight is 299 g/mol. The van der Waals surface area contributed by atoms with Gasteiger partial charge in [0.25, 0.3) is 0 Å². The van der Waals surface area contributed by atoms with Crippen LogP contribution in [0.2, 0.25) is 0 Å². The first-order valence-corrected chi connectivity index (χ1v) is 6.81. The van der Waals surface area contributed by atoms with E-state index in [1.807, 2.05) is 0 Å². The minimum Gasteiger partial charge on any atom is -0.330 e. The summed E-state index contributed by atoms with van der Waals surface area (Å²) in [5.41, 5.74) is 7.28. The molecule has 1 aromatic carbocycles. The van der Waals surface area contributed by atoms with Crippen molar-refractivity contribution in [3.8, 4) is 0 Å². The van der Waals surface area contributed by atoms with Gasteiger partial charge in [0.15, 0.2) is 0 Å². The van der Waals surface area contributed by atoms with Crippen LogP contribution in [0.1, 0.15) is 32.4 Å². The number of benzene rings is 1. The molecule has 0 bridgehead atoms. The molecule has 1 aromatic rings. The van der Waals surface area contributed by atoms with E-state index in [4.69, 9.17) is 5.73 Å². The Morgan fingerprint density at radius 1 is 1.29 bits per heavy atom. The topological polar surface area (TPSA) is 29.3 Å². The molecule has 0 spiro atoms. The van der Waals surface area contributed by atoms with Crippen molar-refractivity contribution in [1.29, 1.82) is 0 Å². The maximum absolute atomic E-state index is 5.78. The predicted octanol–water partition coefficient (Wildman–Crippen LogP) is 3.43. The average Bonchev–Trinajstić information content (AvgIpc) is 2.28. The van der Waals surface area contributed by atoms with Crippen molar-refractivity contribution in [3.63, 3.8) is 0 Å². The molecule has 0 aliphatic rings. The van der Waals surface area contributed by atoms with Gasteiger partial charge in [-0.2, -0.15) is 0 Å². The summed E-state index contributed by atoms with van der Waals surface area (Å²) in [6, 6.07) is 8.93. The molecular formula is C14H23BrN2. The quantitative estimate of drug-likeness (QED) is 0.902. The van der Waals surface area contributed by atoms with E-state index in [2.05, 4.69) is 72.9 Å². The summed E-state index contributed by atoms with van der Waals surface area (Å²) in [6.45, 7) is 8.36. The third-order valence-corrected chi connectivity index (χ3v) is 3.77.